The van der Waals surface area contributed by atoms with Gasteiger partial charge >= 0.3 is 18.0 Å². The van der Waals surface area contributed by atoms with Crippen molar-refractivity contribution in [1.29, 1.82) is 0 Å². The number of rotatable bonds is 20. The number of aromatic nitrogens is 8. The van der Waals surface area contributed by atoms with Crippen LogP contribution in [0.15, 0.2) is 135 Å². The number of piperazine rings is 3. The highest BCUT2D eigenvalue weighted by Gasteiger charge is 2.40. The Balaban J connectivity index is 0.000000154. The van der Waals surface area contributed by atoms with Gasteiger partial charge in [0.2, 0.25) is 30.8 Å². The van der Waals surface area contributed by atoms with E-state index in [1.807, 2.05) is 11.1 Å². The number of hydrogen-bond donors (Lipinski definition) is 1. The number of carbonyl (C=O) groups excluding carboxylic acids is 3. The van der Waals surface area contributed by atoms with Gasteiger partial charge in [-0.3, -0.25) is 29.3 Å². The maximum atomic E-state index is 12.6. The van der Waals surface area contributed by atoms with E-state index >= 15 is 0 Å². The summed E-state index contributed by atoms with van der Waals surface area (Å²) in [6.45, 7) is 53.0. The minimum Gasteiger partial charge on any atom is -0.462 e. The number of H-pyrrole nitrogens is 1. The monoisotopic (exact) mass is 1760 g/mol. The van der Waals surface area contributed by atoms with E-state index < -0.39 is 0 Å². The predicted octanol–water partition coefficient (Wildman–Crippen LogP) is 10.8. The molecule has 6 saturated heterocycles. The van der Waals surface area contributed by atoms with Crippen LogP contribution in [-0.4, -0.2) is 301 Å². The highest BCUT2D eigenvalue weighted by molar-refractivity contribution is 7.59. The fourth-order valence-electron chi connectivity index (χ4n) is 19.0. The van der Waals surface area contributed by atoms with E-state index in [9.17, 15) is 14.4 Å². The predicted molar refractivity (Wildman–Crippen MR) is 509 cm³/mol. The van der Waals surface area contributed by atoms with Crippen molar-refractivity contribution in [1.82, 2.24) is 69.5 Å². The largest absolute Gasteiger partial charge is 0.462 e. The molecular formula is C97H124N22O8S. The Bertz CT molecular complexity index is 5580. The van der Waals surface area contributed by atoms with Crippen LogP contribution in [0.3, 0.4) is 0 Å². The van der Waals surface area contributed by atoms with Crippen molar-refractivity contribution >= 4 is 98.2 Å². The zero-order chi connectivity index (χ0) is 87.9. The van der Waals surface area contributed by atoms with E-state index in [4.69, 9.17) is 66.7 Å². The number of nitrogens with zero attached hydrogens (tertiary/aromatic N) is 21. The molecule has 31 heteroatoms. The summed E-state index contributed by atoms with van der Waals surface area (Å²) in [5, 5.41) is 13.5. The molecule has 9 aromatic rings. The number of aromatic amines is 1. The van der Waals surface area contributed by atoms with Crippen molar-refractivity contribution in [2.45, 2.75) is 136 Å². The summed E-state index contributed by atoms with van der Waals surface area (Å²) in [5.41, 5.74) is 13.4. The van der Waals surface area contributed by atoms with Crippen LogP contribution < -0.4 is 43.6 Å². The first-order chi connectivity index (χ1) is 61.1. The quantitative estimate of drug-likeness (QED) is 0.0550. The number of carbonyl (C=O) groups is 3. The Hall–Kier alpha value is -11.7. The molecular weight excluding hydrogens is 1630 g/mol. The van der Waals surface area contributed by atoms with Crippen LogP contribution in [0.25, 0.3) is 42.1 Å². The second kappa shape index (κ2) is 41.2. The van der Waals surface area contributed by atoms with Gasteiger partial charge in [-0.05, 0) is 153 Å². The maximum absolute atomic E-state index is 12.6. The minimum atomic E-state index is -0.243. The number of aryl methyl sites for hydroxylation is 1. The average molecular weight is 1760 g/mol. The van der Waals surface area contributed by atoms with Gasteiger partial charge < -0.3 is 82.4 Å². The lowest BCUT2D eigenvalue weighted by molar-refractivity contribution is -0.129. The molecule has 0 saturated carbocycles. The highest BCUT2D eigenvalue weighted by Crippen LogP contribution is 2.41. The van der Waals surface area contributed by atoms with Gasteiger partial charge in [-0.2, -0.15) is 48.5 Å². The SMILES string of the molecule is C.C=CC(=O)N1CCN(c2nc(OC[C@@H]3CCCN3C)nc3c2CCN(c2c(C)c(C)cc4[nH]ncc24)C3)CC1.S.[C-]#[N+]C[C@H]1CN(c2nc(OC[C@H]3CN(C)C(C)(C)CO3)nc3c2CCN(c2cccc4ccccc24)C3)CCN1C(=O)C=C.[C-]#[N+]C[C@H]1CN(c2nc(OC[C@H]3CN(C)[C@H](C)CO3)nc3c2CCN(c2cccc4ccccc24)C3)CCN1C(=O)C=C. The van der Waals surface area contributed by atoms with Crippen LogP contribution in [0.4, 0.5) is 34.5 Å². The van der Waals surface area contributed by atoms with E-state index in [1.165, 1.54) is 79.9 Å². The maximum Gasteiger partial charge on any atom is 0.318 e. The second-order valence-corrected chi connectivity index (χ2v) is 35.2. The molecule has 30 nitrogen and oxygen atoms in total. The normalized spacial score (nSPS) is 21.2. The van der Waals surface area contributed by atoms with Gasteiger partial charge in [0.25, 0.3) is 0 Å². The molecule has 0 radical (unpaired) electrons. The zero-order valence-electron chi connectivity index (χ0n) is 74.6. The van der Waals surface area contributed by atoms with Gasteiger partial charge in [-0.15, -0.1) is 0 Å². The summed E-state index contributed by atoms with van der Waals surface area (Å²) in [6, 6.07) is 33.4. The summed E-state index contributed by atoms with van der Waals surface area (Å²) < 4.78 is 31.0. The van der Waals surface area contributed by atoms with Crippen molar-refractivity contribution < 1.29 is 38.1 Å². The van der Waals surface area contributed by atoms with Crippen molar-refractivity contribution in [2.75, 3.05) is 201 Å². The standard InChI is InChI=1S/C34H41N7O3.C33H39N7O3.C29H38N8O2.CH4.H2S/c1-6-31(42)41-17-16-40(19-25(41)18-35-4)32-28-14-15-39(30-13-9-11-24-10-7-8-12-27(24)30)21-29(28)36-33(37-32)43-22-26-20-38(5)34(2,3)23-44-26;1-5-31(41)40-16-15-39(18-25(40)17-34-3)32-28-13-14-38(30-12-8-10-24-9-6-7-11-27(24)30)20-29(28)35-33(36-32)43-22-26-19-37(4)23(2)21-42-26;1-5-26(38)35-11-13-36(14-12-35)28-22-8-10-37(27-20(3)19(2)15-24-23(27)16-30-33-24)17-25(22)31-29(32-28)39-18-21-7-6-9-34(21)4;;/h6-13,25-26H,1,14-23H2,2-3,5H3;5-12,23,25-26H,1,13-22H2,2,4H3;5,15-16,21H,1,6-14,17-18H2,2-4H3,(H,30,33);1H4;1H2/t25-,26+;23-,25+,26-;21-;;/m010../s1. The van der Waals surface area contributed by atoms with Crippen LogP contribution in [0.5, 0.6) is 18.0 Å². The number of hydrogen-bond acceptors (Lipinski definition) is 24. The Morgan fingerprint density at radius 2 is 1.02 bits per heavy atom. The fourth-order valence-corrected chi connectivity index (χ4v) is 19.0. The third kappa shape index (κ3) is 20.2. The van der Waals surface area contributed by atoms with E-state index in [1.54, 1.807) is 9.80 Å². The molecule has 9 aliphatic rings. The van der Waals surface area contributed by atoms with Crippen LogP contribution >= 0.6 is 13.5 Å². The van der Waals surface area contributed by atoms with Gasteiger partial charge in [0.15, 0.2) is 0 Å². The summed E-state index contributed by atoms with van der Waals surface area (Å²) in [7, 11) is 6.37. The molecule has 5 aromatic carbocycles. The lowest BCUT2D eigenvalue weighted by atomic mass is 9.99. The lowest BCUT2D eigenvalue weighted by Crippen LogP contribution is -2.56. The summed E-state index contributed by atoms with van der Waals surface area (Å²) in [6.07, 6.45) is 10.6. The zero-order valence-corrected chi connectivity index (χ0v) is 75.6. The first-order valence-electron chi connectivity index (χ1n) is 44.4. The molecule has 6 atom stereocenters. The highest BCUT2D eigenvalue weighted by atomic mass is 32.1. The van der Waals surface area contributed by atoms with E-state index in [0.29, 0.717) is 135 Å². The number of anilines is 6. The van der Waals surface area contributed by atoms with E-state index in [-0.39, 0.29) is 81.6 Å². The molecule has 0 spiro atoms. The van der Waals surface area contributed by atoms with Crippen molar-refractivity contribution in [3.05, 3.63) is 203 Å². The number of likely N-dealkylation sites (N-methyl/N-ethyl adjacent to an activating group) is 3. The number of nitrogens with one attached hydrogen (secondary N) is 1. The van der Waals surface area contributed by atoms with E-state index in [0.717, 1.165) is 135 Å². The Morgan fingerprint density at radius 3 is 1.51 bits per heavy atom. The van der Waals surface area contributed by atoms with Crippen LogP contribution in [0.1, 0.15) is 85.9 Å². The first-order valence-corrected chi connectivity index (χ1v) is 44.4. The molecule has 0 bridgehead atoms. The Morgan fingerprint density at radius 1 is 0.539 bits per heavy atom. The van der Waals surface area contributed by atoms with Gasteiger partial charge in [0, 0.05) is 160 Å². The fraction of sp³-hybridized carbons (Fsp3) is 0.485. The average Bonchev–Trinajstić information content (AvgIpc) is 1.40. The molecule has 6 fully saturated rings. The Labute approximate surface area is 759 Å². The Kier molecular flexibility index (Phi) is 29.7. The minimum absolute atomic E-state index is 0. The number of benzene rings is 5. The lowest BCUT2D eigenvalue weighted by Gasteiger charge is -2.43. The molecule has 0 unspecified atom stereocenters. The third-order valence-electron chi connectivity index (χ3n) is 26.9. The van der Waals surface area contributed by atoms with Gasteiger partial charge in [0.1, 0.15) is 61.6 Å². The molecule has 9 aliphatic heterocycles. The third-order valence-corrected chi connectivity index (χ3v) is 26.9. The molecule has 13 heterocycles. The second-order valence-electron chi connectivity index (χ2n) is 35.2. The smallest absolute Gasteiger partial charge is 0.318 e. The summed E-state index contributed by atoms with van der Waals surface area (Å²) >= 11 is 0. The molecule has 18 rings (SSSR count). The molecule has 128 heavy (non-hydrogen) atoms. The van der Waals surface area contributed by atoms with Crippen molar-refractivity contribution in [3.63, 3.8) is 0 Å². The van der Waals surface area contributed by atoms with Crippen LogP contribution in [-0.2, 0) is 62.8 Å². The van der Waals surface area contributed by atoms with Gasteiger partial charge in [-0.1, -0.05) is 100.0 Å². The van der Waals surface area contributed by atoms with Gasteiger partial charge in [-0.25, -0.2) is 13.1 Å². The number of likely N-dealkylation sites (tertiary alicyclic amines) is 1. The number of amides is 3. The van der Waals surface area contributed by atoms with Gasteiger partial charge in [0.05, 0.1) is 67.3 Å². The van der Waals surface area contributed by atoms with Crippen LogP contribution in [0.2, 0.25) is 0 Å². The molecule has 1 N–H and O–H groups in total. The molecule has 4 aromatic heterocycles. The number of ether oxygens (including phenoxy) is 5. The number of fused-ring (bicyclic) bond motifs is 6. The first kappa shape index (κ1) is 92.5. The number of morpholine rings is 2. The summed E-state index contributed by atoms with van der Waals surface area (Å²) in [4.78, 5) is 101. The van der Waals surface area contributed by atoms with Crippen molar-refractivity contribution in [2.24, 2.45) is 0 Å². The van der Waals surface area contributed by atoms with E-state index in [2.05, 4.69) is 230 Å². The summed E-state index contributed by atoms with van der Waals surface area (Å²) in [5.74, 6) is 2.34. The molecule has 0 aliphatic carbocycles. The molecule has 3 amide bonds. The molecule has 676 valence electrons. The van der Waals surface area contributed by atoms with Crippen LogP contribution in [0, 0.1) is 27.0 Å². The topological polar surface area (TPSA) is 251 Å². The van der Waals surface area contributed by atoms with Crippen molar-refractivity contribution in [3.8, 4) is 18.0 Å².